The van der Waals surface area contributed by atoms with E-state index in [4.69, 9.17) is 10.5 Å². The van der Waals surface area contributed by atoms with Gasteiger partial charge < -0.3 is 10.5 Å². The maximum absolute atomic E-state index is 14.4. The van der Waals surface area contributed by atoms with Crippen molar-refractivity contribution >= 4 is 5.69 Å². The molecule has 0 radical (unpaired) electrons. The highest BCUT2D eigenvalue weighted by atomic mass is 19.3. The third kappa shape index (κ3) is 2.14. The van der Waals surface area contributed by atoms with E-state index >= 15 is 0 Å². The van der Waals surface area contributed by atoms with Crippen LogP contribution < -0.4 is 10.5 Å². The molecule has 4 heteroatoms. The standard InChI is InChI=1S/C14H13F2NO/c1-18-13-8-3-2-7-12(13)14(15,16)10-5-4-6-11(17)9-10/h2-9H,17H2,1H3. The lowest BCUT2D eigenvalue weighted by molar-refractivity contribution is 0.0402. The largest absolute Gasteiger partial charge is 0.496 e. The first-order valence-electron chi connectivity index (χ1n) is 5.43. The van der Waals surface area contributed by atoms with Crippen molar-refractivity contribution in [2.75, 3.05) is 12.8 Å². The van der Waals surface area contributed by atoms with Crippen LogP contribution in [0.3, 0.4) is 0 Å². The van der Waals surface area contributed by atoms with E-state index in [1.807, 2.05) is 0 Å². The summed E-state index contributed by atoms with van der Waals surface area (Å²) >= 11 is 0. The highest BCUT2D eigenvalue weighted by Crippen LogP contribution is 2.40. The van der Waals surface area contributed by atoms with E-state index in [-0.39, 0.29) is 16.9 Å². The molecule has 0 bridgehead atoms. The van der Waals surface area contributed by atoms with Gasteiger partial charge in [0.2, 0.25) is 0 Å². The number of para-hydroxylation sites is 1. The summed E-state index contributed by atoms with van der Waals surface area (Å²) in [5, 5.41) is 0. The number of rotatable bonds is 3. The van der Waals surface area contributed by atoms with E-state index in [1.54, 1.807) is 18.2 Å². The Labute approximate surface area is 104 Å². The molecule has 2 aromatic carbocycles. The Bertz CT molecular complexity index is 555. The number of anilines is 1. The maximum atomic E-state index is 14.4. The Hall–Kier alpha value is -2.10. The van der Waals surface area contributed by atoms with Gasteiger partial charge in [0.15, 0.2) is 0 Å². The Morgan fingerprint density at radius 2 is 1.78 bits per heavy atom. The minimum atomic E-state index is -3.14. The molecular weight excluding hydrogens is 236 g/mol. The minimum absolute atomic E-state index is 0.146. The zero-order valence-electron chi connectivity index (χ0n) is 9.86. The van der Waals surface area contributed by atoms with Crippen LogP contribution in [0.5, 0.6) is 5.75 Å². The number of methoxy groups -OCH3 is 1. The number of nitrogens with two attached hydrogens (primary N) is 1. The minimum Gasteiger partial charge on any atom is -0.496 e. The van der Waals surface area contributed by atoms with Gasteiger partial charge in [-0.3, -0.25) is 0 Å². The molecule has 2 rings (SSSR count). The monoisotopic (exact) mass is 249 g/mol. The summed E-state index contributed by atoms with van der Waals surface area (Å²) in [6.07, 6.45) is 0. The van der Waals surface area contributed by atoms with E-state index in [0.29, 0.717) is 5.69 Å². The number of halogens is 2. The fourth-order valence-corrected chi connectivity index (χ4v) is 1.79. The SMILES string of the molecule is COc1ccccc1C(F)(F)c1cccc(N)c1. The van der Waals surface area contributed by atoms with Gasteiger partial charge in [-0.2, -0.15) is 8.78 Å². The molecule has 0 saturated heterocycles. The van der Waals surface area contributed by atoms with Crippen molar-refractivity contribution in [3.8, 4) is 5.75 Å². The summed E-state index contributed by atoms with van der Waals surface area (Å²) in [6, 6.07) is 11.8. The fourth-order valence-electron chi connectivity index (χ4n) is 1.79. The molecule has 0 aliphatic heterocycles. The Morgan fingerprint density at radius 1 is 1.06 bits per heavy atom. The molecule has 0 unspecified atom stereocenters. The highest BCUT2D eigenvalue weighted by Gasteiger charge is 2.36. The molecule has 0 saturated carbocycles. The Kier molecular flexibility index (Phi) is 3.19. The van der Waals surface area contributed by atoms with E-state index in [1.165, 1.54) is 37.4 Å². The summed E-state index contributed by atoms with van der Waals surface area (Å²) in [7, 11) is 1.37. The van der Waals surface area contributed by atoms with E-state index in [9.17, 15) is 8.78 Å². The number of hydrogen-bond acceptors (Lipinski definition) is 2. The molecule has 0 fully saturated rings. The molecule has 18 heavy (non-hydrogen) atoms. The van der Waals surface area contributed by atoms with E-state index in [2.05, 4.69) is 0 Å². The summed E-state index contributed by atoms with van der Waals surface area (Å²) < 4.78 is 33.7. The van der Waals surface area contributed by atoms with Crippen LogP contribution in [-0.4, -0.2) is 7.11 Å². The molecule has 0 aliphatic rings. The van der Waals surface area contributed by atoms with E-state index < -0.39 is 5.92 Å². The summed E-state index contributed by atoms with van der Waals surface area (Å²) in [5.41, 5.74) is 5.53. The van der Waals surface area contributed by atoms with Gasteiger partial charge >= 0.3 is 5.92 Å². The van der Waals surface area contributed by atoms with Crippen molar-refractivity contribution in [2.45, 2.75) is 5.92 Å². The first kappa shape index (κ1) is 12.4. The zero-order valence-corrected chi connectivity index (χ0v) is 9.86. The van der Waals surface area contributed by atoms with Crippen molar-refractivity contribution in [1.82, 2.24) is 0 Å². The number of nitrogen functional groups attached to an aromatic ring is 1. The van der Waals surface area contributed by atoms with Crippen LogP contribution in [0.1, 0.15) is 11.1 Å². The number of hydrogen-bond donors (Lipinski definition) is 1. The van der Waals surface area contributed by atoms with Gasteiger partial charge in [-0.15, -0.1) is 0 Å². The average molecular weight is 249 g/mol. The zero-order chi connectivity index (χ0) is 13.2. The van der Waals surface area contributed by atoms with Gasteiger partial charge in [0.05, 0.1) is 12.7 Å². The Morgan fingerprint density at radius 3 is 2.44 bits per heavy atom. The lowest BCUT2D eigenvalue weighted by Crippen LogP contribution is -2.16. The molecule has 0 amide bonds. The van der Waals surface area contributed by atoms with Gasteiger partial charge in [0.25, 0.3) is 0 Å². The summed E-state index contributed by atoms with van der Waals surface area (Å²) in [4.78, 5) is 0. The van der Waals surface area contributed by atoms with Crippen LogP contribution in [-0.2, 0) is 5.92 Å². The number of benzene rings is 2. The molecular formula is C14H13F2NO. The molecule has 2 nitrogen and oxygen atoms in total. The van der Waals surface area contributed by atoms with Crippen LogP contribution in [0.2, 0.25) is 0 Å². The van der Waals surface area contributed by atoms with Crippen molar-refractivity contribution in [3.63, 3.8) is 0 Å². The first-order valence-corrected chi connectivity index (χ1v) is 5.43. The molecule has 2 aromatic rings. The van der Waals surface area contributed by atoms with Gasteiger partial charge in [0, 0.05) is 11.3 Å². The van der Waals surface area contributed by atoms with Gasteiger partial charge in [0.1, 0.15) is 5.75 Å². The van der Waals surface area contributed by atoms with Crippen LogP contribution in [0.15, 0.2) is 48.5 Å². The average Bonchev–Trinajstić information content (AvgIpc) is 2.38. The topological polar surface area (TPSA) is 35.2 Å². The van der Waals surface area contributed by atoms with Crippen LogP contribution in [0.25, 0.3) is 0 Å². The lowest BCUT2D eigenvalue weighted by atomic mass is 9.99. The molecule has 0 spiro atoms. The van der Waals surface area contributed by atoms with Gasteiger partial charge in [-0.25, -0.2) is 0 Å². The third-order valence-electron chi connectivity index (χ3n) is 2.69. The molecule has 0 aromatic heterocycles. The van der Waals surface area contributed by atoms with Crippen molar-refractivity contribution < 1.29 is 13.5 Å². The quantitative estimate of drug-likeness (QED) is 0.846. The van der Waals surface area contributed by atoms with Gasteiger partial charge in [-0.1, -0.05) is 24.3 Å². The second kappa shape index (κ2) is 4.64. The first-order chi connectivity index (χ1) is 8.55. The third-order valence-corrected chi connectivity index (χ3v) is 2.69. The van der Waals surface area contributed by atoms with Crippen molar-refractivity contribution in [1.29, 1.82) is 0 Å². The molecule has 0 aliphatic carbocycles. The summed E-state index contributed by atoms with van der Waals surface area (Å²) in [5.74, 6) is -2.98. The normalized spacial score (nSPS) is 11.3. The van der Waals surface area contributed by atoms with E-state index in [0.717, 1.165) is 0 Å². The molecule has 2 N–H and O–H groups in total. The predicted octanol–water partition coefficient (Wildman–Crippen LogP) is 3.42. The number of ether oxygens (including phenoxy) is 1. The van der Waals surface area contributed by atoms with Crippen LogP contribution in [0, 0.1) is 0 Å². The summed E-state index contributed by atoms with van der Waals surface area (Å²) in [6.45, 7) is 0. The van der Waals surface area contributed by atoms with Crippen LogP contribution >= 0.6 is 0 Å². The van der Waals surface area contributed by atoms with Gasteiger partial charge in [-0.05, 0) is 24.3 Å². The Balaban J connectivity index is 2.54. The molecule has 0 heterocycles. The molecule has 94 valence electrons. The number of alkyl halides is 2. The maximum Gasteiger partial charge on any atom is 0.302 e. The second-order valence-corrected chi connectivity index (χ2v) is 3.90. The molecule has 0 atom stereocenters. The lowest BCUT2D eigenvalue weighted by Gasteiger charge is -2.20. The fraction of sp³-hybridized carbons (Fsp3) is 0.143. The predicted molar refractivity (Wildman–Crippen MR) is 66.8 cm³/mol. The second-order valence-electron chi connectivity index (χ2n) is 3.90. The van der Waals surface area contributed by atoms with Crippen molar-refractivity contribution in [2.24, 2.45) is 0 Å². The highest BCUT2D eigenvalue weighted by molar-refractivity contribution is 5.48. The van der Waals surface area contributed by atoms with Crippen molar-refractivity contribution in [3.05, 3.63) is 59.7 Å². The smallest absolute Gasteiger partial charge is 0.302 e. The van der Waals surface area contributed by atoms with Crippen LogP contribution in [0.4, 0.5) is 14.5 Å².